The first kappa shape index (κ1) is 11.1. The van der Waals surface area contributed by atoms with Gasteiger partial charge in [-0.2, -0.15) is 10.5 Å². The van der Waals surface area contributed by atoms with Gasteiger partial charge in [-0.05, 0) is 0 Å². The number of rotatable bonds is 0. The van der Waals surface area contributed by atoms with Crippen molar-refractivity contribution in [2.24, 2.45) is 0 Å². The molecule has 0 saturated carbocycles. The molecular formula is C8Cl3FN2. The molecule has 0 aromatic heterocycles. The summed E-state index contributed by atoms with van der Waals surface area (Å²) in [6, 6.07) is 3.15. The van der Waals surface area contributed by atoms with Gasteiger partial charge >= 0.3 is 0 Å². The van der Waals surface area contributed by atoms with E-state index in [4.69, 9.17) is 45.3 Å². The zero-order valence-corrected chi connectivity index (χ0v) is 8.67. The maximum atomic E-state index is 13.2. The fraction of sp³-hybridized carbons (Fsp3) is 0. The van der Waals surface area contributed by atoms with Crippen LogP contribution in [0.15, 0.2) is 0 Å². The van der Waals surface area contributed by atoms with E-state index in [0.717, 1.165) is 0 Å². The lowest BCUT2D eigenvalue weighted by atomic mass is 10.1. The van der Waals surface area contributed by atoms with Gasteiger partial charge < -0.3 is 0 Å². The molecule has 0 saturated heterocycles. The van der Waals surface area contributed by atoms with Crippen LogP contribution in [0.25, 0.3) is 0 Å². The zero-order valence-electron chi connectivity index (χ0n) is 6.41. The molecule has 70 valence electrons. The minimum absolute atomic E-state index is 0.198. The predicted octanol–water partition coefficient (Wildman–Crippen LogP) is 3.53. The molecule has 0 heterocycles. The van der Waals surface area contributed by atoms with Crippen LogP contribution >= 0.6 is 34.8 Å². The minimum Gasteiger partial charge on any atom is -0.204 e. The number of nitriles is 2. The quantitative estimate of drug-likeness (QED) is 0.521. The van der Waals surface area contributed by atoms with Gasteiger partial charge in [0.05, 0.1) is 20.6 Å². The third-order valence-corrected chi connectivity index (χ3v) is 2.69. The van der Waals surface area contributed by atoms with Gasteiger partial charge in [0, 0.05) is 0 Å². The molecule has 0 aliphatic carbocycles. The van der Waals surface area contributed by atoms with Gasteiger partial charge in [-0.15, -0.1) is 0 Å². The van der Waals surface area contributed by atoms with Crippen molar-refractivity contribution in [3.05, 3.63) is 32.0 Å². The van der Waals surface area contributed by atoms with Crippen molar-refractivity contribution in [2.45, 2.75) is 0 Å². The smallest absolute Gasteiger partial charge is 0.162 e. The lowest BCUT2D eigenvalue weighted by Gasteiger charge is -2.04. The first-order valence-electron chi connectivity index (χ1n) is 3.20. The summed E-state index contributed by atoms with van der Waals surface area (Å²) in [4.78, 5) is 0. The lowest BCUT2D eigenvalue weighted by molar-refractivity contribution is 0.624. The van der Waals surface area contributed by atoms with E-state index >= 15 is 0 Å². The molecule has 0 radical (unpaired) electrons. The SMILES string of the molecule is N#Cc1c(F)c(Cl)c(Cl)c(C#N)c1Cl. The highest BCUT2D eigenvalue weighted by Gasteiger charge is 2.20. The van der Waals surface area contributed by atoms with Crippen molar-refractivity contribution in [3.63, 3.8) is 0 Å². The Balaban J connectivity index is 3.78. The first-order valence-corrected chi connectivity index (χ1v) is 4.34. The molecule has 0 N–H and O–H groups in total. The van der Waals surface area contributed by atoms with Crippen LogP contribution in [-0.4, -0.2) is 0 Å². The summed E-state index contributed by atoms with van der Waals surface area (Å²) in [6.07, 6.45) is 0. The average Bonchev–Trinajstić information content (AvgIpc) is 2.16. The van der Waals surface area contributed by atoms with Crippen LogP contribution in [0.2, 0.25) is 15.1 Å². The largest absolute Gasteiger partial charge is 0.204 e. The van der Waals surface area contributed by atoms with Gasteiger partial charge in [-0.3, -0.25) is 0 Å². The Morgan fingerprint density at radius 3 is 1.79 bits per heavy atom. The monoisotopic (exact) mass is 248 g/mol. The van der Waals surface area contributed by atoms with Crippen LogP contribution in [0.3, 0.4) is 0 Å². The van der Waals surface area contributed by atoms with Crippen molar-refractivity contribution in [2.75, 3.05) is 0 Å². The maximum Gasteiger partial charge on any atom is 0.162 e. The fourth-order valence-electron chi connectivity index (χ4n) is 0.830. The Morgan fingerprint density at radius 2 is 1.36 bits per heavy atom. The lowest BCUT2D eigenvalue weighted by Crippen LogP contribution is -1.93. The molecule has 0 atom stereocenters. The normalized spacial score (nSPS) is 9.29. The maximum absolute atomic E-state index is 13.2. The molecule has 14 heavy (non-hydrogen) atoms. The van der Waals surface area contributed by atoms with Crippen molar-refractivity contribution in [1.82, 2.24) is 0 Å². The molecule has 1 aromatic carbocycles. The van der Waals surface area contributed by atoms with E-state index in [2.05, 4.69) is 0 Å². The Kier molecular flexibility index (Phi) is 3.18. The third kappa shape index (κ3) is 1.51. The van der Waals surface area contributed by atoms with Crippen LogP contribution in [0, 0.1) is 28.5 Å². The van der Waals surface area contributed by atoms with Crippen LogP contribution in [-0.2, 0) is 0 Å². The van der Waals surface area contributed by atoms with Crippen molar-refractivity contribution in [1.29, 1.82) is 10.5 Å². The molecule has 1 aromatic rings. The van der Waals surface area contributed by atoms with E-state index < -0.39 is 16.4 Å². The van der Waals surface area contributed by atoms with Gasteiger partial charge in [0.25, 0.3) is 0 Å². The molecule has 1 rings (SSSR count). The second kappa shape index (κ2) is 4.02. The molecule has 0 fully saturated rings. The minimum atomic E-state index is -1.01. The summed E-state index contributed by atoms with van der Waals surface area (Å²) in [5.74, 6) is -1.01. The highest BCUT2D eigenvalue weighted by molar-refractivity contribution is 6.44. The van der Waals surface area contributed by atoms with Crippen molar-refractivity contribution >= 4 is 34.8 Å². The van der Waals surface area contributed by atoms with E-state index in [1.54, 1.807) is 6.07 Å². The molecule has 0 spiro atoms. The van der Waals surface area contributed by atoms with E-state index in [1.807, 2.05) is 0 Å². The molecule has 2 nitrogen and oxygen atoms in total. The molecule has 0 aliphatic heterocycles. The van der Waals surface area contributed by atoms with Crippen LogP contribution in [0.5, 0.6) is 0 Å². The molecule has 6 heteroatoms. The van der Waals surface area contributed by atoms with Crippen molar-refractivity contribution < 1.29 is 4.39 Å². The topological polar surface area (TPSA) is 47.6 Å². The second-order valence-corrected chi connectivity index (χ2v) is 3.36. The van der Waals surface area contributed by atoms with E-state index in [0.29, 0.717) is 0 Å². The molecule has 0 unspecified atom stereocenters. The van der Waals surface area contributed by atoms with Gasteiger partial charge in [-0.25, -0.2) is 4.39 Å². The summed E-state index contributed by atoms with van der Waals surface area (Å²) in [6.45, 7) is 0. The van der Waals surface area contributed by atoms with Crippen molar-refractivity contribution in [3.8, 4) is 12.1 Å². The highest BCUT2D eigenvalue weighted by Crippen LogP contribution is 2.36. The zero-order chi connectivity index (χ0) is 10.9. The first-order chi connectivity index (χ1) is 6.54. The van der Waals surface area contributed by atoms with Gasteiger partial charge in [0.15, 0.2) is 5.82 Å². The standard InChI is InChI=1S/C8Cl3FN2/c9-5-3(1-13)6(10)7(11)8(12)4(5)2-14. The number of hydrogen-bond donors (Lipinski definition) is 0. The number of halogens is 4. The fourth-order valence-corrected chi connectivity index (χ4v) is 1.55. The second-order valence-electron chi connectivity index (χ2n) is 2.23. The van der Waals surface area contributed by atoms with Crippen LogP contribution in [0.4, 0.5) is 4.39 Å². The summed E-state index contributed by atoms with van der Waals surface area (Å²) >= 11 is 16.6. The Bertz CT molecular complexity index is 444. The average molecular weight is 249 g/mol. The number of nitrogens with zero attached hydrogens (tertiary/aromatic N) is 2. The molecule has 0 bridgehead atoms. The van der Waals surface area contributed by atoms with E-state index in [9.17, 15) is 4.39 Å². The highest BCUT2D eigenvalue weighted by atomic mass is 35.5. The number of benzene rings is 1. The van der Waals surface area contributed by atoms with Crippen LogP contribution in [0.1, 0.15) is 11.1 Å². The van der Waals surface area contributed by atoms with Gasteiger partial charge in [0.1, 0.15) is 17.7 Å². The summed E-state index contributed by atoms with van der Waals surface area (Å²) < 4.78 is 13.2. The summed E-state index contributed by atoms with van der Waals surface area (Å²) in [5.41, 5.74) is -0.672. The molecule has 0 amide bonds. The molecule has 0 aliphatic rings. The molecular weight excluding hydrogens is 249 g/mol. The van der Waals surface area contributed by atoms with E-state index in [1.165, 1.54) is 6.07 Å². The van der Waals surface area contributed by atoms with E-state index in [-0.39, 0.29) is 15.6 Å². The predicted molar refractivity (Wildman–Crippen MR) is 50.9 cm³/mol. The third-order valence-electron chi connectivity index (χ3n) is 1.49. The Labute approximate surface area is 94.0 Å². The Morgan fingerprint density at radius 1 is 0.857 bits per heavy atom. The van der Waals surface area contributed by atoms with Gasteiger partial charge in [-0.1, -0.05) is 34.8 Å². The van der Waals surface area contributed by atoms with Crippen LogP contribution < -0.4 is 0 Å². The Hall–Kier alpha value is -1.00. The summed E-state index contributed by atoms with van der Waals surface area (Å²) in [5, 5.41) is 16.1. The van der Waals surface area contributed by atoms with Gasteiger partial charge in [0.2, 0.25) is 0 Å². The summed E-state index contributed by atoms with van der Waals surface area (Å²) in [7, 11) is 0. The number of hydrogen-bond acceptors (Lipinski definition) is 2.